The van der Waals surface area contributed by atoms with E-state index in [-0.39, 0.29) is 17.9 Å². The lowest BCUT2D eigenvalue weighted by Gasteiger charge is -2.12. The van der Waals surface area contributed by atoms with Crippen LogP contribution < -0.4 is 5.56 Å². The molecule has 0 aliphatic rings. The van der Waals surface area contributed by atoms with Crippen molar-refractivity contribution < 1.29 is 4.79 Å². The highest BCUT2D eigenvalue weighted by Gasteiger charge is 2.20. The Balaban J connectivity index is 1.95. The van der Waals surface area contributed by atoms with Crippen LogP contribution in [-0.2, 0) is 25.9 Å². The van der Waals surface area contributed by atoms with Crippen LogP contribution in [0.3, 0.4) is 0 Å². The number of aryl methyl sites for hydroxylation is 2. The first-order valence-electron chi connectivity index (χ1n) is 10.2. The summed E-state index contributed by atoms with van der Waals surface area (Å²) in [5, 5.41) is 13.9. The van der Waals surface area contributed by atoms with Crippen molar-refractivity contribution in [2.45, 2.75) is 53.6 Å². The average Bonchev–Trinajstić information content (AvgIpc) is 3.03. The van der Waals surface area contributed by atoms with Gasteiger partial charge in [0.2, 0.25) is 0 Å². The predicted octanol–water partition coefficient (Wildman–Crippen LogP) is 3.59. The Labute approximate surface area is 176 Å². The lowest BCUT2D eigenvalue weighted by atomic mass is 10.0. The molecule has 6 heteroatoms. The van der Waals surface area contributed by atoms with Crippen LogP contribution in [0.4, 0.5) is 0 Å². The number of carbonyl (C=O) groups excluding carboxylic acids is 1. The van der Waals surface area contributed by atoms with Crippen LogP contribution in [0.25, 0.3) is 0 Å². The molecule has 3 rings (SSSR count). The van der Waals surface area contributed by atoms with Crippen LogP contribution in [0.2, 0.25) is 0 Å². The zero-order valence-electron chi connectivity index (χ0n) is 17.9. The molecule has 2 heterocycles. The van der Waals surface area contributed by atoms with Gasteiger partial charge in [0.05, 0.1) is 5.69 Å². The van der Waals surface area contributed by atoms with E-state index in [1.165, 1.54) is 0 Å². The summed E-state index contributed by atoms with van der Waals surface area (Å²) in [5.41, 5.74) is 4.52. The Bertz CT molecular complexity index is 1180. The molecule has 0 fully saturated rings. The Morgan fingerprint density at radius 1 is 1.13 bits per heavy atom. The molecule has 0 saturated heterocycles. The maximum atomic E-state index is 13.1. The minimum atomic E-state index is -0.502. The average molecular weight is 402 g/mol. The first-order chi connectivity index (χ1) is 14.4. The molecule has 154 valence electrons. The van der Waals surface area contributed by atoms with Crippen molar-refractivity contribution in [2.75, 3.05) is 0 Å². The largest absolute Gasteiger partial charge is 0.344 e. The van der Waals surface area contributed by atoms with Crippen molar-refractivity contribution >= 4 is 5.78 Å². The Hall–Kier alpha value is -3.46. The van der Waals surface area contributed by atoms with Gasteiger partial charge in [-0.3, -0.25) is 9.59 Å². The van der Waals surface area contributed by atoms with E-state index < -0.39 is 5.56 Å². The minimum Gasteiger partial charge on any atom is -0.344 e. The van der Waals surface area contributed by atoms with Crippen molar-refractivity contribution in [1.82, 2.24) is 14.3 Å². The van der Waals surface area contributed by atoms with E-state index in [0.29, 0.717) is 36.2 Å². The molecular weight excluding hydrogens is 376 g/mol. The van der Waals surface area contributed by atoms with Gasteiger partial charge in [0.15, 0.2) is 5.78 Å². The summed E-state index contributed by atoms with van der Waals surface area (Å²) < 4.78 is 3.24. The molecule has 6 nitrogen and oxygen atoms in total. The van der Waals surface area contributed by atoms with E-state index in [4.69, 9.17) is 0 Å². The third-order valence-electron chi connectivity index (χ3n) is 5.49. The van der Waals surface area contributed by atoms with Crippen LogP contribution in [0, 0.1) is 25.2 Å². The second kappa shape index (κ2) is 8.91. The topological polar surface area (TPSA) is 80.7 Å². The second-order valence-corrected chi connectivity index (χ2v) is 7.36. The third kappa shape index (κ3) is 3.97. The minimum absolute atomic E-state index is 0.0895. The number of aromatic nitrogens is 3. The first-order valence-corrected chi connectivity index (χ1v) is 10.2. The number of Topliss-reactive ketones (excluding diaryl/α,β-unsaturated/α-hetero) is 1. The lowest BCUT2D eigenvalue weighted by molar-refractivity contribution is 0.0964. The number of rotatable bonds is 7. The van der Waals surface area contributed by atoms with Gasteiger partial charge in [-0.2, -0.15) is 10.4 Å². The van der Waals surface area contributed by atoms with Crippen molar-refractivity contribution in [3.8, 4) is 6.07 Å². The molecule has 1 aromatic carbocycles. The van der Waals surface area contributed by atoms with Gasteiger partial charge in [0, 0.05) is 23.5 Å². The van der Waals surface area contributed by atoms with E-state index in [9.17, 15) is 14.9 Å². The van der Waals surface area contributed by atoms with Gasteiger partial charge in [-0.05, 0) is 43.9 Å². The van der Waals surface area contributed by atoms with Crippen LogP contribution in [0.1, 0.15) is 58.0 Å². The van der Waals surface area contributed by atoms with Gasteiger partial charge in [0.25, 0.3) is 5.56 Å². The molecule has 30 heavy (non-hydrogen) atoms. The zero-order valence-corrected chi connectivity index (χ0v) is 17.9. The number of benzene rings is 1. The van der Waals surface area contributed by atoms with Gasteiger partial charge in [-0.1, -0.05) is 44.2 Å². The molecule has 0 aliphatic carbocycles. The Morgan fingerprint density at radius 2 is 1.83 bits per heavy atom. The standard InChI is InChI=1S/C24H26N4O2/c1-5-19-21(13-25)24(30)28(26-22(19)6-2)15-23(29)20-12-16(3)27(17(20)4)14-18-10-8-7-9-11-18/h7-12H,5-6,14-15H2,1-4H3. The maximum absolute atomic E-state index is 13.1. The third-order valence-corrected chi connectivity index (χ3v) is 5.49. The first kappa shape index (κ1) is 21.3. The molecule has 0 atom stereocenters. The molecule has 0 radical (unpaired) electrons. The number of ketones is 1. The summed E-state index contributed by atoms with van der Waals surface area (Å²) >= 11 is 0. The molecule has 0 saturated carbocycles. The molecule has 2 aromatic heterocycles. The quantitative estimate of drug-likeness (QED) is 0.566. The van der Waals surface area contributed by atoms with Crippen molar-refractivity contribution in [1.29, 1.82) is 5.26 Å². The summed E-state index contributed by atoms with van der Waals surface area (Å²) in [4.78, 5) is 25.8. The highest BCUT2D eigenvalue weighted by molar-refractivity contribution is 5.97. The van der Waals surface area contributed by atoms with Gasteiger partial charge >= 0.3 is 0 Å². The van der Waals surface area contributed by atoms with Gasteiger partial charge < -0.3 is 4.57 Å². The van der Waals surface area contributed by atoms with E-state index in [1.54, 1.807) is 0 Å². The zero-order chi connectivity index (χ0) is 21.8. The van der Waals surface area contributed by atoms with Gasteiger partial charge in [-0.15, -0.1) is 0 Å². The summed E-state index contributed by atoms with van der Waals surface area (Å²) in [6.07, 6.45) is 1.15. The summed E-state index contributed by atoms with van der Waals surface area (Å²) in [6.45, 7) is 8.20. The molecule has 0 N–H and O–H groups in total. The monoisotopic (exact) mass is 402 g/mol. The van der Waals surface area contributed by atoms with Crippen molar-refractivity contribution in [3.05, 3.63) is 86.1 Å². The molecule has 0 amide bonds. The van der Waals surface area contributed by atoms with Crippen molar-refractivity contribution in [2.24, 2.45) is 0 Å². The Kier molecular flexibility index (Phi) is 6.31. The van der Waals surface area contributed by atoms with Crippen LogP contribution in [0.5, 0.6) is 0 Å². The summed E-state index contributed by atoms with van der Waals surface area (Å²) in [6, 6.07) is 13.9. The van der Waals surface area contributed by atoms with Crippen LogP contribution in [-0.4, -0.2) is 20.1 Å². The molecule has 3 aromatic rings. The van der Waals surface area contributed by atoms with Gasteiger partial charge in [0.1, 0.15) is 18.2 Å². The molecule has 0 aliphatic heterocycles. The number of nitriles is 1. The number of hydrogen-bond donors (Lipinski definition) is 0. The fourth-order valence-corrected chi connectivity index (χ4v) is 3.86. The molecule has 0 spiro atoms. The predicted molar refractivity (Wildman–Crippen MR) is 116 cm³/mol. The lowest BCUT2D eigenvalue weighted by Crippen LogP contribution is -2.31. The van der Waals surface area contributed by atoms with E-state index >= 15 is 0 Å². The highest BCUT2D eigenvalue weighted by atomic mass is 16.1. The smallest absolute Gasteiger partial charge is 0.285 e. The van der Waals surface area contributed by atoms with E-state index in [0.717, 1.165) is 21.6 Å². The normalized spacial score (nSPS) is 10.8. The highest BCUT2D eigenvalue weighted by Crippen LogP contribution is 2.18. The van der Waals surface area contributed by atoms with E-state index in [1.807, 2.05) is 58.0 Å². The van der Waals surface area contributed by atoms with Crippen molar-refractivity contribution in [3.63, 3.8) is 0 Å². The Morgan fingerprint density at radius 3 is 2.43 bits per heavy atom. The van der Waals surface area contributed by atoms with Gasteiger partial charge in [-0.25, -0.2) is 4.68 Å². The van der Waals surface area contributed by atoms with Crippen LogP contribution in [0.15, 0.2) is 41.2 Å². The number of nitrogens with zero attached hydrogens (tertiary/aromatic N) is 4. The summed E-state index contributed by atoms with van der Waals surface area (Å²) in [5.74, 6) is -0.188. The fraction of sp³-hybridized carbons (Fsp3) is 0.333. The maximum Gasteiger partial charge on any atom is 0.285 e. The second-order valence-electron chi connectivity index (χ2n) is 7.36. The van der Waals surface area contributed by atoms with E-state index in [2.05, 4.69) is 21.8 Å². The fourth-order valence-electron chi connectivity index (χ4n) is 3.86. The molecule has 0 unspecified atom stereocenters. The summed E-state index contributed by atoms with van der Waals surface area (Å²) in [7, 11) is 0. The molecular formula is C24H26N4O2. The SMILES string of the molecule is CCc1nn(CC(=O)c2cc(C)n(Cc3ccccc3)c2C)c(=O)c(C#N)c1CC. The van der Waals surface area contributed by atoms with Crippen LogP contribution >= 0.6 is 0 Å². The molecule has 0 bridgehead atoms. The number of hydrogen-bond acceptors (Lipinski definition) is 4. The number of carbonyl (C=O) groups is 1.